The largest absolute Gasteiger partial charge is 0.395 e. The topological polar surface area (TPSA) is 77.1 Å². The fraction of sp³-hybridized carbons (Fsp3) is 0.312. The average Bonchev–Trinajstić information content (AvgIpc) is 3.34. The molecular formula is C16H15N3O3. The molecule has 1 aliphatic rings. The first-order valence-electron chi connectivity index (χ1n) is 7.35. The van der Waals surface area contributed by atoms with Crippen LogP contribution in [0.1, 0.15) is 18.9 Å². The number of rotatable bonds is 3. The lowest BCUT2D eigenvalue weighted by atomic mass is 10.2. The van der Waals surface area contributed by atoms with Gasteiger partial charge in [0, 0.05) is 25.0 Å². The Morgan fingerprint density at radius 1 is 1.09 bits per heavy atom. The number of hydrogen-bond donors (Lipinski definition) is 1. The maximum Gasteiger partial charge on any atom is 0.260 e. The SMILES string of the molecule is O=c1c2cc3c(=O)n(C4CC4)ccc3nc2ccn1CCO. The molecule has 0 bridgehead atoms. The molecule has 3 aromatic heterocycles. The second kappa shape index (κ2) is 4.78. The molecular weight excluding hydrogens is 282 g/mol. The van der Waals surface area contributed by atoms with Crippen molar-refractivity contribution in [3.63, 3.8) is 0 Å². The van der Waals surface area contributed by atoms with Crippen LogP contribution in [0.4, 0.5) is 0 Å². The molecule has 3 aromatic rings. The first-order chi connectivity index (χ1) is 10.7. The summed E-state index contributed by atoms with van der Waals surface area (Å²) in [6, 6.07) is 5.48. The molecule has 3 heterocycles. The van der Waals surface area contributed by atoms with Crippen molar-refractivity contribution in [1.82, 2.24) is 14.1 Å². The number of aliphatic hydroxyl groups excluding tert-OH is 1. The van der Waals surface area contributed by atoms with E-state index in [0.717, 1.165) is 12.8 Å². The van der Waals surface area contributed by atoms with Gasteiger partial charge in [0.25, 0.3) is 11.1 Å². The Balaban J connectivity index is 2.04. The van der Waals surface area contributed by atoms with Gasteiger partial charge in [0.15, 0.2) is 0 Å². The molecule has 0 aliphatic heterocycles. The highest BCUT2D eigenvalue weighted by atomic mass is 16.3. The van der Waals surface area contributed by atoms with E-state index >= 15 is 0 Å². The van der Waals surface area contributed by atoms with E-state index in [9.17, 15) is 9.59 Å². The van der Waals surface area contributed by atoms with E-state index in [1.54, 1.807) is 29.1 Å². The number of nitrogens with zero attached hydrogens (tertiary/aromatic N) is 3. The first-order valence-corrected chi connectivity index (χ1v) is 7.35. The summed E-state index contributed by atoms with van der Waals surface area (Å²) >= 11 is 0. The van der Waals surface area contributed by atoms with E-state index in [1.165, 1.54) is 4.57 Å². The Morgan fingerprint density at radius 2 is 1.77 bits per heavy atom. The van der Waals surface area contributed by atoms with E-state index in [4.69, 9.17) is 5.11 Å². The molecule has 6 nitrogen and oxygen atoms in total. The molecule has 4 rings (SSSR count). The number of aliphatic hydroxyl groups is 1. The quantitative estimate of drug-likeness (QED) is 0.733. The Hall–Kier alpha value is -2.47. The molecule has 0 amide bonds. The lowest BCUT2D eigenvalue weighted by Crippen LogP contribution is -2.22. The third kappa shape index (κ3) is 1.95. The van der Waals surface area contributed by atoms with E-state index in [-0.39, 0.29) is 30.3 Å². The molecule has 0 atom stereocenters. The highest BCUT2D eigenvalue weighted by molar-refractivity contribution is 5.91. The average molecular weight is 297 g/mol. The van der Waals surface area contributed by atoms with Gasteiger partial charge in [-0.25, -0.2) is 4.98 Å². The molecule has 0 saturated heterocycles. The smallest absolute Gasteiger partial charge is 0.260 e. The zero-order valence-corrected chi connectivity index (χ0v) is 11.9. The standard InChI is InChI=1S/C16H15N3O3/c20-8-7-18-5-3-13-11(15(18)21)9-12-14(17-13)4-6-19(16(12)22)10-1-2-10/h3-6,9-10,20H,1-2,7-8H2. The minimum Gasteiger partial charge on any atom is -0.395 e. The van der Waals surface area contributed by atoms with Gasteiger partial charge in [0.2, 0.25) is 0 Å². The van der Waals surface area contributed by atoms with Crippen LogP contribution in [-0.4, -0.2) is 25.8 Å². The molecule has 0 aromatic carbocycles. The molecule has 1 saturated carbocycles. The van der Waals surface area contributed by atoms with Gasteiger partial charge in [-0.15, -0.1) is 0 Å². The second-order valence-electron chi connectivity index (χ2n) is 5.65. The van der Waals surface area contributed by atoms with Gasteiger partial charge in [-0.05, 0) is 31.0 Å². The number of fused-ring (bicyclic) bond motifs is 2. The molecule has 1 fully saturated rings. The predicted octanol–water partition coefficient (Wildman–Crippen LogP) is 1.04. The van der Waals surface area contributed by atoms with E-state index in [1.807, 2.05) is 6.07 Å². The predicted molar refractivity (Wildman–Crippen MR) is 83.1 cm³/mol. The number of pyridine rings is 3. The molecule has 0 unspecified atom stereocenters. The second-order valence-corrected chi connectivity index (χ2v) is 5.65. The van der Waals surface area contributed by atoms with Crippen molar-refractivity contribution >= 4 is 21.8 Å². The molecule has 22 heavy (non-hydrogen) atoms. The van der Waals surface area contributed by atoms with Crippen molar-refractivity contribution in [3.8, 4) is 0 Å². The van der Waals surface area contributed by atoms with Crippen LogP contribution in [0.15, 0.2) is 40.2 Å². The number of hydrogen-bond acceptors (Lipinski definition) is 4. The van der Waals surface area contributed by atoms with Gasteiger partial charge in [-0.3, -0.25) is 9.59 Å². The summed E-state index contributed by atoms with van der Waals surface area (Å²) in [4.78, 5) is 29.4. The third-order valence-electron chi connectivity index (χ3n) is 4.12. The summed E-state index contributed by atoms with van der Waals surface area (Å²) in [5.41, 5.74) is 0.845. The van der Waals surface area contributed by atoms with E-state index in [2.05, 4.69) is 4.98 Å². The van der Waals surface area contributed by atoms with Gasteiger partial charge in [0.1, 0.15) is 0 Å². The number of aromatic nitrogens is 3. The summed E-state index contributed by atoms with van der Waals surface area (Å²) in [5.74, 6) is 0. The van der Waals surface area contributed by atoms with E-state index < -0.39 is 0 Å². The summed E-state index contributed by atoms with van der Waals surface area (Å²) in [5, 5.41) is 9.89. The molecule has 0 radical (unpaired) electrons. The van der Waals surface area contributed by atoms with Gasteiger partial charge < -0.3 is 14.2 Å². The monoisotopic (exact) mass is 297 g/mol. The van der Waals surface area contributed by atoms with Crippen LogP contribution in [0.25, 0.3) is 21.8 Å². The van der Waals surface area contributed by atoms with Crippen molar-refractivity contribution in [2.24, 2.45) is 0 Å². The highest BCUT2D eigenvalue weighted by Crippen LogP contribution is 2.33. The molecule has 1 aliphatic carbocycles. The zero-order chi connectivity index (χ0) is 15.3. The summed E-state index contributed by atoms with van der Waals surface area (Å²) in [6.45, 7) is 0.120. The zero-order valence-electron chi connectivity index (χ0n) is 11.9. The molecule has 0 spiro atoms. The maximum absolute atomic E-state index is 12.5. The molecule has 6 heteroatoms. The Kier molecular flexibility index (Phi) is 2.87. The van der Waals surface area contributed by atoms with Crippen molar-refractivity contribution in [2.75, 3.05) is 6.61 Å². The van der Waals surface area contributed by atoms with Crippen LogP contribution in [0.5, 0.6) is 0 Å². The minimum absolute atomic E-state index is 0.0913. The normalized spacial score (nSPS) is 14.8. The van der Waals surface area contributed by atoms with Crippen LogP contribution in [0, 0.1) is 0 Å². The fourth-order valence-corrected chi connectivity index (χ4v) is 2.80. The van der Waals surface area contributed by atoms with Gasteiger partial charge in [-0.2, -0.15) is 0 Å². The van der Waals surface area contributed by atoms with Crippen LogP contribution in [-0.2, 0) is 6.54 Å². The highest BCUT2D eigenvalue weighted by Gasteiger charge is 2.25. The summed E-state index contributed by atoms with van der Waals surface area (Å²) in [6.07, 6.45) is 5.45. The van der Waals surface area contributed by atoms with Gasteiger partial charge in [0.05, 0.1) is 28.4 Å². The minimum atomic E-state index is -0.234. The Morgan fingerprint density at radius 3 is 2.45 bits per heavy atom. The van der Waals surface area contributed by atoms with Crippen LogP contribution in [0.3, 0.4) is 0 Å². The van der Waals surface area contributed by atoms with Crippen LogP contribution in [0.2, 0.25) is 0 Å². The molecule has 1 N–H and O–H groups in total. The lowest BCUT2D eigenvalue weighted by molar-refractivity contribution is 0.274. The van der Waals surface area contributed by atoms with Crippen molar-refractivity contribution in [3.05, 3.63) is 51.3 Å². The fourth-order valence-electron chi connectivity index (χ4n) is 2.80. The van der Waals surface area contributed by atoms with Crippen LogP contribution >= 0.6 is 0 Å². The van der Waals surface area contributed by atoms with Gasteiger partial charge >= 0.3 is 0 Å². The Bertz CT molecular complexity index is 999. The first kappa shape index (κ1) is 13.2. The Labute approximate surface area is 125 Å². The van der Waals surface area contributed by atoms with Crippen molar-refractivity contribution < 1.29 is 5.11 Å². The maximum atomic E-state index is 12.5. The van der Waals surface area contributed by atoms with Crippen LogP contribution < -0.4 is 11.1 Å². The van der Waals surface area contributed by atoms with Crippen molar-refractivity contribution in [2.45, 2.75) is 25.4 Å². The molecule has 112 valence electrons. The van der Waals surface area contributed by atoms with Crippen molar-refractivity contribution in [1.29, 1.82) is 0 Å². The summed E-state index contributed by atoms with van der Waals surface area (Å²) < 4.78 is 3.16. The summed E-state index contributed by atoms with van der Waals surface area (Å²) in [7, 11) is 0. The van der Waals surface area contributed by atoms with E-state index in [0.29, 0.717) is 21.8 Å². The lowest BCUT2D eigenvalue weighted by Gasteiger charge is -2.08. The van der Waals surface area contributed by atoms with Gasteiger partial charge in [-0.1, -0.05) is 0 Å². The third-order valence-corrected chi connectivity index (χ3v) is 4.12.